The lowest BCUT2D eigenvalue weighted by atomic mass is 10.2. The molecule has 3 N–H and O–H groups in total. The molecule has 15 heavy (non-hydrogen) atoms. The zero-order chi connectivity index (χ0) is 11.4. The number of carboxylic acids is 1. The van der Waals surface area contributed by atoms with E-state index in [2.05, 4.69) is 0 Å². The Morgan fingerprint density at radius 2 is 2.33 bits per heavy atom. The number of aliphatic carboxylic acids is 1. The molecule has 0 radical (unpaired) electrons. The van der Waals surface area contributed by atoms with Crippen LogP contribution in [0.25, 0.3) is 0 Å². The van der Waals surface area contributed by atoms with Crippen molar-refractivity contribution >= 4 is 35.0 Å². The lowest BCUT2D eigenvalue weighted by Crippen LogP contribution is -2.11. The molecule has 0 spiro atoms. The van der Waals surface area contributed by atoms with Gasteiger partial charge in [-0.2, -0.15) is 0 Å². The molecule has 5 heteroatoms. The number of carboxylic acid groups (broad SMARTS) is 1. The fourth-order valence-electron chi connectivity index (χ4n) is 0.937. The first kappa shape index (κ1) is 12.2. The number of halogens is 1. The Hall–Kier alpha value is -0.870. The van der Waals surface area contributed by atoms with Crippen LogP contribution in [0.5, 0.6) is 0 Å². The summed E-state index contributed by atoms with van der Waals surface area (Å²) in [5.74, 6) is -0.679. The minimum absolute atomic E-state index is 0.384. The normalized spacial score (nSPS) is 12.4. The minimum Gasteiger partial charge on any atom is -0.481 e. The van der Waals surface area contributed by atoms with Crippen LogP contribution in [0.15, 0.2) is 23.1 Å². The Bertz CT molecular complexity index is 370. The topological polar surface area (TPSA) is 63.3 Å². The van der Waals surface area contributed by atoms with Crippen molar-refractivity contribution in [3.63, 3.8) is 0 Å². The Kier molecular flexibility index (Phi) is 4.29. The number of thioether (sulfide) groups is 1. The summed E-state index contributed by atoms with van der Waals surface area (Å²) in [5.41, 5.74) is 6.32. The molecule has 0 fully saturated rings. The summed E-state index contributed by atoms with van der Waals surface area (Å²) >= 11 is 7.17. The van der Waals surface area contributed by atoms with Crippen LogP contribution in [-0.4, -0.2) is 16.8 Å². The van der Waals surface area contributed by atoms with Crippen LogP contribution < -0.4 is 5.73 Å². The van der Waals surface area contributed by atoms with Crippen LogP contribution >= 0.6 is 23.4 Å². The summed E-state index contributed by atoms with van der Waals surface area (Å²) in [7, 11) is 0. The van der Waals surface area contributed by atoms with Crippen molar-refractivity contribution in [2.24, 2.45) is 5.92 Å². The largest absolute Gasteiger partial charge is 0.481 e. The average Bonchev–Trinajstić information content (AvgIpc) is 2.15. The van der Waals surface area contributed by atoms with Crippen molar-refractivity contribution in [3.05, 3.63) is 23.2 Å². The van der Waals surface area contributed by atoms with Crippen molar-refractivity contribution in [1.29, 1.82) is 0 Å². The van der Waals surface area contributed by atoms with Gasteiger partial charge in [0.15, 0.2) is 0 Å². The van der Waals surface area contributed by atoms with Gasteiger partial charge in [0.2, 0.25) is 0 Å². The standard InChI is InChI=1S/C10H12ClNO2S/c1-6(10(13)14)5-15-9-3-2-7(11)4-8(9)12/h2-4,6H,5,12H2,1H3,(H,13,14). The molecule has 0 saturated carbocycles. The molecule has 3 nitrogen and oxygen atoms in total. The number of carbonyl (C=O) groups is 1. The summed E-state index contributed by atoms with van der Waals surface area (Å²) in [4.78, 5) is 11.5. The van der Waals surface area contributed by atoms with Gasteiger partial charge >= 0.3 is 5.97 Å². The lowest BCUT2D eigenvalue weighted by molar-refractivity contribution is -0.140. The second kappa shape index (κ2) is 5.28. The molecular weight excluding hydrogens is 234 g/mol. The monoisotopic (exact) mass is 245 g/mol. The highest BCUT2D eigenvalue weighted by Crippen LogP contribution is 2.28. The van der Waals surface area contributed by atoms with Crippen molar-refractivity contribution in [2.75, 3.05) is 11.5 Å². The van der Waals surface area contributed by atoms with Gasteiger partial charge in [-0.15, -0.1) is 11.8 Å². The molecule has 1 atom stereocenters. The third-order valence-corrected chi connectivity index (χ3v) is 3.47. The van der Waals surface area contributed by atoms with Gasteiger partial charge < -0.3 is 10.8 Å². The van der Waals surface area contributed by atoms with Gasteiger partial charge in [-0.1, -0.05) is 18.5 Å². The van der Waals surface area contributed by atoms with E-state index in [0.717, 1.165) is 4.90 Å². The first-order valence-electron chi connectivity index (χ1n) is 4.41. The van der Waals surface area contributed by atoms with Gasteiger partial charge in [-0.3, -0.25) is 4.79 Å². The number of nitrogen functional groups attached to an aromatic ring is 1. The molecule has 0 aliphatic carbocycles. The molecule has 1 aromatic carbocycles. The number of nitrogens with two attached hydrogens (primary N) is 1. The number of anilines is 1. The quantitative estimate of drug-likeness (QED) is 0.633. The van der Waals surface area contributed by atoms with Gasteiger partial charge in [-0.05, 0) is 18.2 Å². The highest BCUT2D eigenvalue weighted by molar-refractivity contribution is 7.99. The van der Waals surface area contributed by atoms with E-state index in [1.54, 1.807) is 25.1 Å². The van der Waals surface area contributed by atoms with E-state index in [4.69, 9.17) is 22.4 Å². The molecule has 0 aliphatic rings. The Labute approximate surface area is 97.6 Å². The molecule has 0 saturated heterocycles. The maximum absolute atomic E-state index is 10.6. The maximum atomic E-state index is 10.6. The fourth-order valence-corrected chi connectivity index (χ4v) is 2.08. The molecule has 0 amide bonds. The van der Waals surface area contributed by atoms with Crippen LogP contribution in [0.1, 0.15) is 6.92 Å². The highest BCUT2D eigenvalue weighted by Gasteiger charge is 2.11. The summed E-state index contributed by atoms with van der Waals surface area (Å²) in [6.07, 6.45) is 0. The number of hydrogen-bond acceptors (Lipinski definition) is 3. The number of benzene rings is 1. The molecule has 0 aliphatic heterocycles. The number of hydrogen-bond donors (Lipinski definition) is 2. The van der Waals surface area contributed by atoms with Crippen LogP contribution in [0, 0.1) is 5.92 Å². The minimum atomic E-state index is -0.796. The summed E-state index contributed by atoms with van der Waals surface area (Å²) in [5, 5.41) is 9.29. The second-order valence-electron chi connectivity index (χ2n) is 3.23. The molecule has 1 rings (SSSR count). The Morgan fingerprint density at radius 1 is 1.67 bits per heavy atom. The van der Waals surface area contributed by atoms with E-state index < -0.39 is 5.97 Å². The van der Waals surface area contributed by atoms with E-state index in [1.807, 2.05) is 0 Å². The lowest BCUT2D eigenvalue weighted by Gasteiger charge is -2.08. The van der Waals surface area contributed by atoms with Crippen molar-refractivity contribution in [2.45, 2.75) is 11.8 Å². The maximum Gasteiger partial charge on any atom is 0.307 e. The van der Waals surface area contributed by atoms with E-state index in [9.17, 15) is 4.79 Å². The third kappa shape index (κ3) is 3.64. The molecule has 82 valence electrons. The van der Waals surface area contributed by atoms with E-state index in [1.165, 1.54) is 11.8 Å². The van der Waals surface area contributed by atoms with E-state index in [0.29, 0.717) is 16.5 Å². The van der Waals surface area contributed by atoms with E-state index in [-0.39, 0.29) is 5.92 Å². The van der Waals surface area contributed by atoms with Crippen molar-refractivity contribution < 1.29 is 9.90 Å². The van der Waals surface area contributed by atoms with Crippen LogP contribution in [0.4, 0.5) is 5.69 Å². The zero-order valence-corrected chi connectivity index (χ0v) is 9.81. The molecule has 0 heterocycles. The van der Waals surface area contributed by atoms with E-state index >= 15 is 0 Å². The predicted octanol–water partition coefficient (Wildman–Crippen LogP) is 2.74. The Balaban J connectivity index is 2.62. The Morgan fingerprint density at radius 3 is 2.87 bits per heavy atom. The zero-order valence-electron chi connectivity index (χ0n) is 8.24. The summed E-state index contributed by atoms with van der Waals surface area (Å²) in [6.45, 7) is 1.67. The average molecular weight is 246 g/mol. The first-order chi connectivity index (χ1) is 7.00. The van der Waals surface area contributed by atoms with Gasteiger partial charge in [0.25, 0.3) is 0 Å². The molecule has 0 bridgehead atoms. The molecule has 1 unspecified atom stereocenters. The first-order valence-corrected chi connectivity index (χ1v) is 5.77. The third-order valence-electron chi connectivity index (χ3n) is 1.88. The van der Waals surface area contributed by atoms with Gasteiger partial charge in [0, 0.05) is 21.4 Å². The van der Waals surface area contributed by atoms with Gasteiger partial charge in [0.05, 0.1) is 5.92 Å². The SMILES string of the molecule is CC(CSc1ccc(Cl)cc1N)C(=O)O. The van der Waals surface area contributed by atoms with Gasteiger partial charge in [0.1, 0.15) is 0 Å². The summed E-state index contributed by atoms with van der Waals surface area (Å²) in [6, 6.07) is 5.21. The van der Waals surface area contributed by atoms with Gasteiger partial charge in [-0.25, -0.2) is 0 Å². The molecule has 0 aromatic heterocycles. The molecule has 1 aromatic rings. The smallest absolute Gasteiger partial charge is 0.307 e. The van der Waals surface area contributed by atoms with Crippen molar-refractivity contribution in [3.8, 4) is 0 Å². The highest BCUT2D eigenvalue weighted by atomic mass is 35.5. The van der Waals surface area contributed by atoms with Crippen LogP contribution in [0.2, 0.25) is 5.02 Å². The predicted molar refractivity (Wildman–Crippen MR) is 63.4 cm³/mol. The van der Waals surface area contributed by atoms with Crippen molar-refractivity contribution in [1.82, 2.24) is 0 Å². The fraction of sp³-hybridized carbons (Fsp3) is 0.300. The number of rotatable bonds is 4. The van der Waals surface area contributed by atoms with Crippen LogP contribution in [0.3, 0.4) is 0 Å². The second-order valence-corrected chi connectivity index (χ2v) is 4.73. The molecular formula is C10H12ClNO2S. The summed E-state index contributed by atoms with van der Waals surface area (Å²) < 4.78 is 0. The van der Waals surface area contributed by atoms with Crippen LogP contribution in [-0.2, 0) is 4.79 Å².